The Morgan fingerprint density at radius 3 is 2.94 bits per heavy atom. The van der Waals surface area contributed by atoms with Crippen LogP contribution in [0.25, 0.3) is 0 Å². The van der Waals surface area contributed by atoms with Crippen molar-refractivity contribution in [2.24, 2.45) is 5.92 Å². The SMILES string of the molecule is CCC1CCCN(C(=O)c2ccccc2Br)C1. The summed E-state index contributed by atoms with van der Waals surface area (Å²) in [7, 11) is 0. The predicted molar refractivity (Wildman–Crippen MR) is 73.1 cm³/mol. The van der Waals surface area contributed by atoms with E-state index in [2.05, 4.69) is 22.9 Å². The van der Waals surface area contributed by atoms with Gasteiger partial charge in [-0.25, -0.2) is 0 Å². The minimum atomic E-state index is 0.163. The molecule has 0 bridgehead atoms. The summed E-state index contributed by atoms with van der Waals surface area (Å²) in [5, 5.41) is 0. The lowest BCUT2D eigenvalue weighted by atomic mass is 9.95. The van der Waals surface area contributed by atoms with Gasteiger partial charge in [-0.3, -0.25) is 4.79 Å². The molecule has 1 saturated heterocycles. The minimum Gasteiger partial charge on any atom is -0.338 e. The van der Waals surface area contributed by atoms with Gasteiger partial charge in [0, 0.05) is 17.6 Å². The van der Waals surface area contributed by atoms with Crippen LogP contribution in [0.15, 0.2) is 28.7 Å². The van der Waals surface area contributed by atoms with E-state index >= 15 is 0 Å². The van der Waals surface area contributed by atoms with Crippen molar-refractivity contribution in [3.63, 3.8) is 0 Å². The number of halogens is 1. The van der Waals surface area contributed by atoms with Crippen LogP contribution in [0.2, 0.25) is 0 Å². The Hall–Kier alpha value is -0.830. The highest BCUT2D eigenvalue weighted by molar-refractivity contribution is 9.10. The topological polar surface area (TPSA) is 20.3 Å². The maximum atomic E-state index is 12.4. The fourth-order valence-electron chi connectivity index (χ4n) is 2.39. The van der Waals surface area contributed by atoms with Crippen LogP contribution in [0.1, 0.15) is 36.5 Å². The van der Waals surface area contributed by atoms with Gasteiger partial charge in [0.2, 0.25) is 0 Å². The van der Waals surface area contributed by atoms with Crippen molar-refractivity contribution in [3.8, 4) is 0 Å². The van der Waals surface area contributed by atoms with Gasteiger partial charge in [0.1, 0.15) is 0 Å². The number of rotatable bonds is 2. The number of piperidine rings is 1. The van der Waals surface area contributed by atoms with Crippen molar-refractivity contribution >= 4 is 21.8 Å². The van der Waals surface area contributed by atoms with E-state index in [4.69, 9.17) is 0 Å². The normalized spacial score (nSPS) is 20.4. The van der Waals surface area contributed by atoms with Crippen LogP contribution in [0, 0.1) is 5.92 Å². The Morgan fingerprint density at radius 2 is 2.24 bits per heavy atom. The van der Waals surface area contributed by atoms with Gasteiger partial charge in [-0.05, 0) is 46.8 Å². The number of carbonyl (C=O) groups excluding carboxylic acids is 1. The van der Waals surface area contributed by atoms with Gasteiger partial charge >= 0.3 is 0 Å². The molecule has 17 heavy (non-hydrogen) atoms. The van der Waals surface area contributed by atoms with Gasteiger partial charge in [-0.15, -0.1) is 0 Å². The van der Waals surface area contributed by atoms with E-state index in [1.165, 1.54) is 12.8 Å². The largest absolute Gasteiger partial charge is 0.338 e. The Balaban J connectivity index is 2.12. The molecule has 2 rings (SSSR count). The van der Waals surface area contributed by atoms with Crippen LogP contribution in [-0.2, 0) is 0 Å². The molecule has 1 aromatic carbocycles. The summed E-state index contributed by atoms with van der Waals surface area (Å²) in [5.41, 5.74) is 0.782. The highest BCUT2D eigenvalue weighted by atomic mass is 79.9. The maximum Gasteiger partial charge on any atom is 0.255 e. The lowest BCUT2D eigenvalue weighted by Gasteiger charge is -2.32. The van der Waals surface area contributed by atoms with E-state index in [0.29, 0.717) is 5.92 Å². The summed E-state index contributed by atoms with van der Waals surface area (Å²) >= 11 is 3.45. The molecule has 1 aliphatic heterocycles. The number of carbonyl (C=O) groups is 1. The van der Waals surface area contributed by atoms with Crippen molar-refractivity contribution in [2.75, 3.05) is 13.1 Å². The second kappa shape index (κ2) is 5.67. The summed E-state index contributed by atoms with van der Waals surface area (Å²) in [5.74, 6) is 0.839. The second-order valence-electron chi connectivity index (χ2n) is 4.65. The van der Waals surface area contributed by atoms with Crippen molar-refractivity contribution in [1.82, 2.24) is 4.90 Å². The van der Waals surface area contributed by atoms with Gasteiger partial charge in [0.25, 0.3) is 5.91 Å². The van der Waals surface area contributed by atoms with Gasteiger partial charge in [0.15, 0.2) is 0 Å². The van der Waals surface area contributed by atoms with Gasteiger partial charge in [-0.1, -0.05) is 25.5 Å². The summed E-state index contributed by atoms with van der Waals surface area (Å²) in [6, 6.07) is 7.67. The zero-order valence-corrected chi connectivity index (χ0v) is 11.7. The molecule has 0 N–H and O–H groups in total. The first kappa shape index (κ1) is 12.6. The molecule has 0 radical (unpaired) electrons. The first-order chi connectivity index (χ1) is 8.22. The number of hydrogen-bond donors (Lipinski definition) is 0. The van der Waals surface area contributed by atoms with Crippen molar-refractivity contribution in [3.05, 3.63) is 34.3 Å². The number of hydrogen-bond acceptors (Lipinski definition) is 1. The Bertz CT molecular complexity index is 405. The van der Waals surface area contributed by atoms with Gasteiger partial charge in [0.05, 0.1) is 5.56 Å². The molecule has 0 saturated carbocycles. The highest BCUT2D eigenvalue weighted by Crippen LogP contribution is 2.23. The Kier molecular flexibility index (Phi) is 4.21. The molecule has 0 aliphatic carbocycles. The van der Waals surface area contributed by atoms with Crippen LogP contribution < -0.4 is 0 Å². The van der Waals surface area contributed by atoms with E-state index < -0.39 is 0 Å². The third-order valence-corrected chi connectivity index (χ3v) is 4.18. The van der Waals surface area contributed by atoms with Crippen LogP contribution in [0.3, 0.4) is 0 Å². The summed E-state index contributed by atoms with van der Waals surface area (Å²) < 4.78 is 0.892. The zero-order chi connectivity index (χ0) is 12.3. The molecule has 1 amide bonds. The second-order valence-corrected chi connectivity index (χ2v) is 5.50. The average Bonchev–Trinajstić information content (AvgIpc) is 2.38. The number of amides is 1. The zero-order valence-electron chi connectivity index (χ0n) is 10.2. The van der Waals surface area contributed by atoms with Crippen molar-refractivity contribution in [2.45, 2.75) is 26.2 Å². The first-order valence-electron chi connectivity index (χ1n) is 6.26. The lowest BCUT2D eigenvalue weighted by molar-refractivity contribution is 0.0670. The Morgan fingerprint density at radius 1 is 1.47 bits per heavy atom. The number of nitrogens with zero attached hydrogens (tertiary/aromatic N) is 1. The summed E-state index contributed by atoms with van der Waals surface area (Å²) in [4.78, 5) is 14.4. The molecule has 2 nitrogen and oxygen atoms in total. The Labute approximate surface area is 111 Å². The van der Waals surface area contributed by atoms with Crippen molar-refractivity contribution in [1.29, 1.82) is 0 Å². The van der Waals surface area contributed by atoms with Crippen LogP contribution in [0.4, 0.5) is 0 Å². The highest BCUT2D eigenvalue weighted by Gasteiger charge is 2.24. The van der Waals surface area contributed by atoms with Gasteiger partial charge < -0.3 is 4.90 Å². The predicted octanol–water partition coefficient (Wildman–Crippen LogP) is 3.71. The quantitative estimate of drug-likeness (QED) is 0.814. The van der Waals surface area contributed by atoms with E-state index in [1.807, 2.05) is 29.2 Å². The average molecular weight is 296 g/mol. The maximum absolute atomic E-state index is 12.4. The first-order valence-corrected chi connectivity index (χ1v) is 7.05. The van der Waals surface area contributed by atoms with Crippen LogP contribution in [-0.4, -0.2) is 23.9 Å². The molecular weight excluding hydrogens is 278 g/mol. The number of benzene rings is 1. The molecule has 1 aromatic rings. The molecule has 1 atom stereocenters. The standard InChI is InChI=1S/C14H18BrNO/c1-2-11-6-5-9-16(10-11)14(17)12-7-3-4-8-13(12)15/h3-4,7-8,11H,2,5-6,9-10H2,1H3. The molecule has 1 fully saturated rings. The van der Waals surface area contributed by atoms with Crippen LogP contribution in [0.5, 0.6) is 0 Å². The van der Waals surface area contributed by atoms with E-state index in [-0.39, 0.29) is 5.91 Å². The fraction of sp³-hybridized carbons (Fsp3) is 0.500. The third kappa shape index (κ3) is 2.89. The van der Waals surface area contributed by atoms with E-state index in [0.717, 1.165) is 29.5 Å². The fourth-order valence-corrected chi connectivity index (χ4v) is 2.84. The van der Waals surface area contributed by atoms with E-state index in [1.54, 1.807) is 0 Å². The molecule has 1 unspecified atom stereocenters. The lowest BCUT2D eigenvalue weighted by Crippen LogP contribution is -2.39. The molecule has 0 aromatic heterocycles. The monoisotopic (exact) mass is 295 g/mol. The van der Waals surface area contributed by atoms with Crippen LogP contribution >= 0.6 is 15.9 Å². The molecular formula is C14H18BrNO. The molecule has 92 valence electrons. The minimum absolute atomic E-state index is 0.163. The van der Waals surface area contributed by atoms with Gasteiger partial charge in [-0.2, -0.15) is 0 Å². The molecule has 0 spiro atoms. The van der Waals surface area contributed by atoms with E-state index in [9.17, 15) is 4.79 Å². The summed E-state index contributed by atoms with van der Waals surface area (Å²) in [6.07, 6.45) is 3.56. The third-order valence-electron chi connectivity index (χ3n) is 3.49. The molecule has 3 heteroatoms. The smallest absolute Gasteiger partial charge is 0.255 e. The number of likely N-dealkylation sites (tertiary alicyclic amines) is 1. The summed E-state index contributed by atoms with van der Waals surface area (Å²) in [6.45, 7) is 4.02. The molecule has 1 aliphatic rings. The molecule has 1 heterocycles. The van der Waals surface area contributed by atoms with Crippen molar-refractivity contribution < 1.29 is 4.79 Å².